The van der Waals surface area contributed by atoms with Crippen LogP contribution in [0.5, 0.6) is 0 Å². The van der Waals surface area contributed by atoms with Crippen LogP contribution in [0.2, 0.25) is 0 Å². The summed E-state index contributed by atoms with van der Waals surface area (Å²) in [5.74, 6) is -1.40. The third-order valence-corrected chi connectivity index (χ3v) is 3.68. The van der Waals surface area contributed by atoms with Gasteiger partial charge in [0.1, 0.15) is 5.92 Å². The molecule has 0 fully saturated rings. The fourth-order valence-corrected chi connectivity index (χ4v) is 2.66. The molecule has 3 heteroatoms. The number of fused-ring (bicyclic) bond motifs is 1. The second-order valence-electron chi connectivity index (χ2n) is 5.04. The quantitative estimate of drug-likeness (QED) is 0.613. The van der Waals surface area contributed by atoms with Gasteiger partial charge >= 0.3 is 5.97 Å². The minimum atomic E-state index is -0.853. The normalized spacial score (nSPS) is 19.6. The van der Waals surface area contributed by atoms with E-state index in [9.17, 15) is 9.59 Å². The molecule has 0 aromatic heterocycles. The van der Waals surface area contributed by atoms with Crippen LogP contribution >= 0.6 is 0 Å². The second-order valence-corrected chi connectivity index (χ2v) is 5.04. The molecule has 1 aliphatic rings. The number of esters is 1. The molecule has 1 aromatic carbocycles. The standard InChI is InChI=1S/C17H20O3/c1-3-20-17(19)16-12(2)14-10-6-4-8-13(14)9-5-7-11-15(16)18/h4,6,8,10,16H,2-3,5,7,9,11H2,1H3. The molecule has 1 unspecified atom stereocenters. The van der Waals surface area contributed by atoms with Crippen LogP contribution in [-0.4, -0.2) is 18.4 Å². The van der Waals surface area contributed by atoms with Crippen LogP contribution in [0, 0.1) is 5.92 Å². The Kier molecular flexibility index (Phi) is 4.72. The molecule has 1 aliphatic carbocycles. The van der Waals surface area contributed by atoms with Gasteiger partial charge < -0.3 is 4.74 Å². The van der Waals surface area contributed by atoms with E-state index in [0.29, 0.717) is 12.0 Å². The minimum absolute atomic E-state index is 0.0786. The first-order chi connectivity index (χ1) is 9.65. The summed E-state index contributed by atoms with van der Waals surface area (Å²) in [6, 6.07) is 7.86. The smallest absolute Gasteiger partial charge is 0.321 e. The number of ether oxygens (including phenoxy) is 1. The molecular weight excluding hydrogens is 252 g/mol. The number of carbonyl (C=O) groups excluding carboxylic acids is 2. The molecule has 1 atom stereocenters. The van der Waals surface area contributed by atoms with Gasteiger partial charge in [-0.25, -0.2) is 0 Å². The highest BCUT2D eigenvalue weighted by atomic mass is 16.5. The fraction of sp³-hybridized carbons (Fsp3) is 0.412. The van der Waals surface area contributed by atoms with E-state index in [-0.39, 0.29) is 12.4 Å². The fourth-order valence-electron chi connectivity index (χ4n) is 2.66. The monoisotopic (exact) mass is 272 g/mol. The molecule has 0 spiro atoms. The molecule has 20 heavy (non-hydrogen) atoms. The molecule has 0 amide bonds. The lowest BCUT2D eigenvalue weighted by molar-refractivity contribution is -0.149. The first kappa shape index (κ1) is 14.5. The molecule has 0 aliphatic heterocycles. The predicted octanol–water partition coefficient (Wildman–Crippen LogP) is 3.17. The lowest BCUT2D eigenvalue weighted by atomic mass is 9.87. The molecular formula is C17H20O3. The number of ketones is 1. The summed E-state index contributed by atoms with van der Waals surface area (Å²) < 4.78 is 5.05. The van der Waals surface area contributed by atoms with Crippen molar-refractivity contribution in [3.05, 3.63) is 42.0 Å². The summed E-state index contributed by atoms with van der Waals surface area (Å²) in [7, 11) is 0. The molecule has 0 saturated carbocycles. The van der Waals surface area contributed by atoms with Crippen LogP contribution in [0.3, 0.4) is 0 Å². The Morgan fingerprint density at radius 3 is 2.75 bits per heavy atom. The maximum atomic E-state index is 12.3. The largest absolute Gasteiger partial charge is 0.465 e. The number of Topliss-reactive ketones (excluding diaryl/α,β-unsaturated/α-hetero) is 1. The van der Waals surface area contributed by atoms with E-state index in [0.717, 1.165) is 30.4 Å². The molecule has 106 valence electrons. The Balaban J connectivity index is 2.41. The van der Waals surface area contributed by atoms with Crippen molar-refractivity contribution in [1.29, 1.82) is 0 Å². The van der Waals surface area contributed by atoms with Crippen LogP contribution in [0.4, 0.5) is 0 Å². The topological polar surface area (TPSA) is 43.4 Å². The van der Waals surface area contributed by atoms with Gasteiger partial charge in [0, 0.05) is 6.42 Å². The second kappa shape index (κ2) is 6.51. The summed E-state index contributed by atoms with van der Waals surface area (Å²) in [4.78, 5) is 24.4. The molecule has 1 aromatic rings. The van der Waals surface area contributed by atoms with Crippen molar-refractivity contribution >= 4 is 17.3 Å². The van der Waals surface area contributed by atoms with Crippen molar-refractivity contribution in [2.45, 2.75) is 32.6 Å². The molecule has 0 heterocycles. The van der Waals surface area contributed by atoms with Gasteiger partial charge in [-0.15, -0.1) is 0 Å². The van der Waals surface area contributed by atoms with Gasteiger partial charge in [-0.3, -0.25) is 9.59 Å². The van der Waals surface area contributed by atoms with Gasteiger partial charge in [0.25, 0.3) is 0 Å². The third kappa shape index (κ3) is 2.98. The van der Waals surface area contributed by atoms with E-state index in [1.54, 1.807) is 6.92 Å². The van der Waals surface area contributed by atoms with Crippen molar-refractivity contribution in [2.75, 3.05) is 6.61 Å². The Labute approximate surface area is 119 Å². The van der Waals surface area contributed by atoms with E-state index in [4.69, 9.17) is 4.74 Å². The number of benzene rings is 1. The maximum absolute atomic E-state index is 12.3. The van der Waals surface area contributed by atoms with Crippen molar-refractivity contribution in [2.24, 2.45) is 5.92 Å². The summed E-state index contributed by atoms with van der Waals surface area (Å²) in [6.45, 7) is 6.03. The zero-order chi connectivity index (χ0) is 14.5. The van der Waals surface area contributed by atoms with Crippen molar-refractivity contribution in [3.63, 3.8) is 0 Å². The van der Waals surface area contributed by atoms with Crippen molar-refractivity contribution in [3.8, 4) is 0 Å². The minimum Gasteiger partial charge on any atom is -0.465 e. The highest BCUT2D eigenvalue weighted by molar-refractivity contribution is 6.09. The number of carbonyl (C=O) groups is 2. The Hall–Kier alpha value is -1.90. The van der Waals surface area contributed by atoms with Crippen LogP contribution in [-0.2, 0) is 20.7 Å². The summed E-state index contributed by atoms with van der Waals surface area (Å²) in [6.07, 6.45) is 3.08. The Morgan fingerprint density at radius 1 is 1.30 bits per heavy atom. The maximum Gasteiger partial charge on any atom is 0.321 e. The van der Waals surface area contributed by atoms with E-state index >= 15 is 0 Å². The highest BCUT2D eigenvalue weighted by Crippen LogP contribution is 2.30. The van der Waals surface area contributed by atoms with Gasteiger partial charge in [-0.2, -0.15) is 0 Å². The lowest BCUT2D eigenvalue weighted by Gasteiger charge is -2.18. The SMILES string of the molecule is C=C1c2ccccc2CCCCC(=O)C1C(=O)OCC. The summed E-state index contributed by atoms with van der Waals surface area (Å²) in [5.41, 5.74) is 2.65. The molecule has 3 nitrogen and oxygen atoms in total. The third-order valence-electron chi connectivity index (χ3n) is 3.68. The van der Waals surface area contributed by atoms with Gasteiger partial charge in [0.05, 0.1) is 6.61 Å². The average Bonchev–Trinajstić information content (AvgIpc) is 2.49. The van der Waals surface area contributed by atoms with E-state index < -0.39 is 11.9 Å². The van der Waals surface area contributed by atoms with Crippen molar-refractivity contribution < 1.29 is 14.3 Å². The molecule has 0 bridgehead atoms. The lowest BCUT2D eigenvalue weighted by Crippen LogP contribution is -2.27. The van der Waals surface area contributed by atoms with Gasteiger partial charge in [0.2, 0.25) is 0 Å². The number of hydrogen-bond donors (Lipinski definition) is 0. The molecule has 0 radical (unpaired) electrons. The number of aryl methyl sites for hydroxylation is 1. The number of hydrogen-bond acceptors (Lipinski definition) is 3. The van der Waals surface area contributed by atoms with Gasteiger partial charge in [0.15, 0.2) is 5.78 Å². The first-order valence-electron chi connectivity index (χ1n) is 7.11. The highest BCUT2D eigenvalue weighted by Gasteiger charge is 2.32. The Bertz CT molecular complexity index is 531. The van der Waals surface area contributed by atoms with Crippen LogP contribution in [0.25, 0.3) is 5.57 Å². The zero-order valence-electron chi connectivity index (χ0n) is 11.9. The van der Waals surface area contributed by atoms with E-state index in [2.05, 4.69) is 6.58 Å². The molecule has 0 N–H and O–H groups in total. The summed E-state index contributed by atoms with van der Waals surface area (Å²) in [5, 5.41) is 0. The van der Waals surface area contributed by atoms with Gasteiger partial charge in [-0.1, -0.05) is 30.8 Å². The van der Waals surface area contributed by atoms with Crippen LogP contribution in [0.1, 0.15) is 37.3 Å². The van der Waals surface area contributed by atoms with E-state index in [1.165, 1.54) is 0 Å². The first-order valence-corrected chi connectivity index (χ1v) is 7.11. The summed E-state index contributed by atoms with van der Waals surface area (Å²) >= 11 is 0. The molecule has 0 saturated heterocycles. The molecule has 2 rings (SSSR count). The van der Waals surface area contributed by atoms with Crippen LogP contribution in [0.15, 0.2) is 30.8 Å². The van der Waals surface area contributed by atoms with Crippen LogP contribution < -0.4 is 0 Å². The zero-order valence-corrected chi connectivity index (χ0v) is 11.9. The van der Waals surface area contributed by atoms with E-state index in [1.807, 2.05) is 24.3 Å². The van der Waals surface area contributed by atoms with Crippen molar-refractivity contribution in [1.82, 2.24) is 0 Å². The predicted molar refractivity (Wildman–Crippen MR) is 78.2 cm³/mol. The average molecular weight is 272 g/mol. The number of rotatable bonds is 2. The van der Waals surface area contributed by atoms with Gasteiger partial charge in [-0.05, 0) is 42.9 Å². The Morgan fingerprint density at radius 2 is 2.00 bits per heavy atom.